The van der Waals surface area contributed by atoms with Gasteiger partial charge in [-0.1, -0.05) is 6.92 Å². The van der Waals surface area contributed by atoms with E-state index in [1.807, 2.05) is 0 Å². The third-order valence-electron chi connectivity index (χ3n) is 5.39. The van der Waals surface area contributed by atoms with Crippen LogP contribution in [0.15, 0.2) is 49.8 Å². The number of hydrogen-bond acceptors (Lipinski definition) is 2. The molecule has 0 bridgehead atoms. The summed E-state index contributed by atoms with van der Waals surface area (Å²) in [7, 11) is 2.11. The molecule has 3 rings (SSSR count). The minimum atomic E-state index is 0. The standard InChI is InChI=1S/2C8H15N2.C8H16N2.2HI/c2*1-4-9-5-6-10(7-9)8(2)3;1-4-5-10-7-6-9(3)8(10)2;;/h2*5-8H,4H2,1-3H3;6-8H,4-5H2,1-3H3;2*1H/q2*+1;;;/p-2. The quantitative estimate of drug-likeness (QED) is 0.268. The zero-order valence-electron chi connectivity index (χ0n) is 21.6. The van der Waals surface area contributed by atoms with Gasteiger partial charge >= 0.3 is 0 Å². The van der Waals surface area contributed by atoms with Gasteiger partial charge in [0.25, 0.3) is 0 Å². The van der Waals surface area contributed by atoms with Crippen LogP contribution in [0.25, 0.3) is 0 Å². The molecule has 0 radical (unpaired) electrons. The smallest absolute Gasteiger partial charge is 0.243 e. The first-order chi connectivity index (χ1) is 14.2. The Balaban J connectivity index is 0. The van der Waals surface area contributed by atoms with Gasteiger partial charge in [-0.15, -0.1) is 0 Å². The van der Waals surface area contributed by atoms with Crippen molar-refractivity contribution in [3.05, 3.63) is 49.8 Å². The Morgan fingerprint density at radius 3 is 1.44 bits per heavy atom. The number of nitrogens with zero attached hydrogens (tertiary/aromatic N) is 6. The molecule has 186 valence electrons. The van der Waals surface area contributed by atoms with E-state index in [0.717, 1.165) is 13.1 Å². The minimum Gasteiger partial charge on any atom is -1.00 e. The average Bonchev–Trinajstić information content (AvgIpc) is 3.46. The maximum atomic E-state index is 2.35. The van der Waals surface area contributed by atoms with Gasteiger partial charge in [-0.2, -0.15) is 0 Å². The fraction of sp³-hybridized carbons (Fsp3) is 0.667. The molecule has 1 aliphatic heterocycles. The van der Waals surface area contributed by atoms with Crippen molar-refractivity contribution in [2.24, 2.45) is 0 Å². The van der Waals surface area contributed by atoms with Gasteiger partial charge in [0.1, 0.15) is 24.8 Å². The van der Waals surface area contributed by atoms with Crippen LogP contribution in [-0.4, -0.2) is 38.7 Å². The Morgan fingerprint density at radius 1 is 0.781 bits per heavy atom. The fourth-order valence-corrected chi connectivity index (χ4v) is 3.00. The summed E-state index contributed by atoms with van der Waals surface area (Å²) in [6.45, 7) is 20.7. The molecule has 2 aromatic heterocycles. The number of aryl methyl sites for hydroxylation is 2. The number of halogens is 2. The van der Waals surface area contributed by atoms with E-state index in [-0.39, 0.29) is 48.0 Å². The number of rotatable bonds is 6. The topological polar surface area (TPSA) is 24.1 Å². The number of hydrogen-bond donors (Lipinski definition) is 0. The van der Waals surface area contributed by atoms with Crippen LogP contribution in [0.1, 0.15) is 73.9 Å². The first kappa shape index (κ1) is 33.4. The van der Waals surface area contributed by atoms with Crippen molar-refractivity contribution in [3.63, 3.8) is 0 Å². The van der Waals surface area contributed by atoms with Crippen molar-refractivity contribution >= 4 is 0 Å². The van der Waals surface area contributed by atoms with Gasteiger partial charge in [-0.05, 0) is 54.9 Å². The fourth-order valence-electron chi connectivity index (χ4n) is 3.00. The van der Waals surface area contributed by atoms with E-state index in [1.54, 1.807) is 0 Å². The van der Waals surface area contributed by atoms with Gasteiger partial charge in [0.2, 0.25) is 12.7 Å². The van der Waals surface area contributed by atoms with E-state index in [9.17, 15) is 0 Å². The monoisotopic (exact) mass is 672 g/mol. The van der Waals surface area contributed by atoms with Crippen molar-refractivity contribution in [1.29, 1.82) is 0 Å². The molecular weight excluding hydrogens is 626 g/mol. The summed E-state index contributed by atoms with van der Waals surface area (Å²) in [5.74, 6) is 0. The molecule has 2 aromatic rings. The summed E-state index contributed by atoms with van der Waals surface area (Å²) < 4.78 is 8.73. The molecule has 6 nitrogen and oxygen atoms in total. The molecule has 8 heteroatoms. The van der Waals surface area contributed by atoms with E-state index in [1.165, 1.54) is 13.0 Å². The first-order valence-electron chi connectivity index (χ1n) is 11.5. The predicted molar refractivity (Wildman–Crippen MR) is 125 cm³/mol. The van der Waals surface area contributed by atoms with Crippen molar-refractivity contribution in [1.82, 2.24) is 18.9 Å². The largest absolute Gasteiger partial charge is 1.00 e. The molecule has 0 N–H and O–H groups in total. The Hall–Kier alpha value is -0.780. The lowest BCUT2D eigenvalue weighted by Crippen LogP contribution is -3.00. The lowest BCUT2D eigenvalue weighted by molar-refractivity contribution is -0.693. The third kappa shape index (κ3) is 11.4. The predicted octanol–water partition coefficient (Wildman–Crippen LogP) is -1.78. The summed E-state index contributed by atoms with van der Waals surface area (Å²) in [6.07, 6.45) is 18.7. The molecule has 0 saturated carbocycles. The lowest BCUT2D eigenvalue weighted by atomic mass is 10.4. The van der Waals surface area contributed by atoms with Gasteiger partial charge < -0.3 is 57.8 Å². The minimum absolute atomic E-state index is 0. The summed E-state index contributed by atoms with van der Waals surface area (Å²) in [5.41, 5.74) is 0. The lowest BCUT2D eigenvalue weighted by Gasteiger charge is -2.26. The van der Waals surface area contributed by atoms with E-state index < -0.39 is 0 Å². The molecule has 1 aliphatic rings. The second kappa shape index (κ2) is 17.7. The Kier molecular flexibility index (Phi) is 18.4. The maximum Gasteiger partial charge on any atom is 0.243 e. The molecule has 0 saturated heterocycles. The van der Waals surface area contributed by atoms with E-state index >= 15 is 0 Å². The van der Waals surface area contributed by atoms with Crippen LogP contribution in [0.5, 0.6) is 0 Å². The van der Waals surface area contributed by atoms with Crippen LogP contribution in [0, 0.1) is 0 Å². The molecule has 0 fully saturated rings. The molecule has 1 unspecified atom stereocenters. The van der Waals surface area contributed by atoms with Crippen molar-refractivity contribution in [2.75, 3.05) is 13.6 Å². The van der Waals surface area contributed by atoms with Crippen molar-refractivity contribution in [3.8, 4) is 0 Å². The third-order valence-corrected chi connectivity index (χ3v) is 5.39. The first-order valence-corrected chi connectivity index (χ1v) is 11.5. The van der Waals surface area contributed by atoms with Crippen LogP contribution in [0.3, 0.4) is 0 Å². The Bertz CT molecular complexity index is 692. The molecule has 0 spiro atoms. The second-order valence-corrected chi connectivity index (χ2v) is 8.40. The van der Waals surface area contributed by atoms with Crippen molar-refractivity contribution < 1.29 is 57.1 Å². The highest BCUT2D eigenvalue weighted by molar-refractivity contribution is 4.93. The van der Waals surface area contributed by atoms with Crippen LogP contribution in [0.2, 0.25) is 0 Å². The zero-order valence-corrected chi connectivity index (χ0v) is 25.9. The summed E-state index contributed by atoms with van der Waals surface area (Å²) in [6, 6.07) is 1.15. The van der Waals surface area contributed by atoms with Crippen LogP contribution >= 0.6 is 0 Å². The maximum absolute atomic E-state index is 2.35. The van der Waals surface area contributed by atoms with Gasteiger partial charge in [0.15, 0.2) is 0 Å². The summed E-state index contributed by atoms with van der Waals surface area (Å²) in [5, 5.41) is 0. The highest BCUT2D eigenvalue weighted by atomic mass is 127. The summed E-state index contributed by atoms with van der Waals surface area (Å²) in [4.78, 5) is 4.57. The van der Waals surface area contributed by atoms with E-state index in [2.05, 4.69) is 140 Å². The molecule has 0 aliphatic carbocycles. The van der Waals surface area contributed by atoms with Crippen LogP contribution in [-0.2, 0) is 13.1 Å². The SMILES string of the molecule is CCCN1C=CN(C)C1C.CC[n+]1ccn(C(C)C)c1.CC[n+]1ccn(C(C)C)c1.[I-].[I-]. The number of imidazole rings is 2. The Morgan fingerprint density at radius 2 is 1.22 bits per heavy atom. The Labute approximate surface area is 231 Å². The van der Waals surface area contributed by atoms with Gasteiger partial charge in [0, 0.05) is 26.0 Å². The van der Waals surface area contributed by atoms with Crippen LogP contribution < -0.4 is 57.1 Å². The number of aromatic nitrogens is 4. The van der Waals surface area contributed by atoms with E-state index in [4.69, 9.17) is 0 Å². The highest BCUT2D eigenvalue weighted by Crippen LogP contribution is 2.12. The molecule has 1 atom stereocenters. The normalized spacial score (nSPS) is 14.4. The van der Waals surface area contributed by atoms with Crippen LogP contribution in [0.4, 0.5) is 0 Å². The molecule has 3 heterocycles. The highest BCUT2D eigenvalue weighted by Gasteiger charge is 2.16. The van der Waals surface area contributed by atoms with Gasteiger partial charge in [-0.25, -0.2) is 18.3 Å². The molecule has 0 aromatic carbocycles. The average molecular weight is 672 g/mol. The molecular formula is C24H46I2N6. The zero-order chi connectivity index (χ0) is 22.7. The summed E-state index contributed by atoms with van der Waals surface area (Å²) >= 11 is 0. The molecule has 0 amide bonds. The van der Waals surface area contributed by atoms with E-state index in [0.29, 0.717) is 18.2 Å². The van der Waals surface area contributed by atoms with Gasteiger partial charge in [-0.3, -0.25) is 0 Å². The molecule has 32 heavy (non-hydrogen) atoms. The second-order valence-electron chi connectivity index (χ2n) is 8.40. The van der Waals surface area contributed by atoms with Crippen molar-refractivity contribution in [2.45, 2.75) is 93.1 Å². The van der Waals surface area contributed by atoms with Gasteiger partial charge in [0.05, 0.1) is 31.3 Å².